The van der Waals surface area contributed by atoms with Crippen LogP contribution in [0.25, 0.3) is 0 Å². The minimum absolute atomic E-state index is 0.0271. The molecule has 0 heterocycles. The summed E-state index contributed by atoms with van der Waals surface area (Å²) in [5, 5.41) is 0. The molecule has 0 aromatic heterocycles. The van der Waals surface area contributed by atoms with E-state index in [-0.39, 0.29) is 18.0 Å². The molecule has 3 nitrogen and oxygen atoms in total. The molecule has 3 heteroatoms. The Morgan fingerprint density at radius 2 is 1.62 bits per heavy atom. The Bertz CT molecular complexity index is 600. The van der Waals surface area contributed by atoms with Gasteiger partial charge in [-0.15, -0.1) is 0 Å². The van der Waals surface area contributed by atoms with Crippen LogP contribution in [0.5, 0.6) is 5.75 Å². The number of carbonyl (C=O) groups is 2. The summed E-state index contributed by atoms with van der Waals surface area (Å²) in [6.45, 7) is 2.25. The maximum absolute atomic E-state index is 11.8. The average molecular weight is 282 g/mol. The molecule has 0 fully saturated rings. The van der Waals surface area contributed by atoms with E-state index < -0.39 is 0 Å². The van der Waals surface area contributed by atoms with Crippen LogP contribution in [0.2, 0.25) is 0 Å². The lowest BCUT2D eigenvalue weighted by Gasteiger charge is -2.07. The van der Waals surface area contributed by atoms with Gasteiger partial charge in [0.25, 0.3) is 0 Å². The van der Waals surface area contributed by atoms with Gasteiger partial charge in [0.1, 0.15) is 18.1 Å². The summed E-state index contributed by atoms with van der Waals surface area (Å²) in [7, 11) is 0. The Kier molecular flexibility index (Phi) is 5.27. The van der Waals surface area contributed by atoms with E-state index in [4.69, 9.17) is 4.74 Å². The third-order valence-corrected chi connectivity index (χ3v) is 3.18. The topological polar surface area (TPSA) is 43.4 Å². The number of carbonyl (C=O) groups excluding carboxylic acids is 2. The molecule has 0 aliphatic rings. The minimum atomic E-state index is -0.142. The molecule has 0 saturated heterocycles. The number of ketones is 2. The minimum Gasteiger partial charge on any atom is -0.489 e. The standard InChI is InChI=1S/C18H18O3/c1-2-16(19)12-18(20)15-8-10-17(11-9-15)21-13-14-6-4-3-5-7-14/h3-11H,2,12-13H2,1H3. The van der Waals surface area contributed by atoms with E-state index in [1.54, 1.807) is 31.2 Å². The maximum atomic E-state index is 11.8. The fourth-order valence-electron chi connectivity index (χ4n) is 1.88. The van der Waals surface area contributed by atoms with E-state index in [1.165, 1.54) is 0 Å². The molecule has 21 heavy (non-hydrogen) atoms. The van der Waals surface area contributed by atoms with Crippen molar-refractivity contribution in [1.82, 2.24) is 0 Å². The van der Waals surface area contributed by atoms with Crippen molar-refractivity contribution in [1.29, 1.82) is 0 Å². The predicted molar refractivity (Wildman–Crippen MR) is 81.5 cm³/mol. The summed E-state index contributed by atoms with van der Waals surface area (Å²) in [6, 6.07) is 16.8. The van der Waals surface area contributed by atoms with Gasteiger partial charge in [0, 0.05) is 12.0 Å². The summed E-state index contributed by atoms with van der Waals surface area (Å²) >= 11 is 0. The molecule has 2 aromatic carbocycles. The Morgan fingerprint density at radius 3 is 2.24 bits per heavy atom. The molecule has 0 amide bonds. The molecule has 2 aromatic rings. The lowest BCUT2D eigenvalue weighted by Crippen LogP contribution is -2.06. The molecule has 2 rings (SSSR count). The van der Waals surface area contributed by atoms with Gasteiger partial charge in [-0.3, -0.25) is 9.59 Å². The van der Waals surface area contributed by atoms with Crippen LogP contribution >= 0.6 is 0 Å². The van der Waals surface area contributed by atoms with Gasteiger partial charge in [0.2, 0.25) is 0 Å². The zero-order chi connectivity index (χ0) is 15.1. The van der Waals surface area contributed by atoms with Crippen molar-refractivity contribution in [3.63, 3.8) is 0 Å². The van der Waals surface area contributed by atoms with Crippen molar-refractivity contribution < 1.29 is 14.3 Å². The Morgan fingerprint density at radius 1 is 0.952 bits per heavy atom. The van der Waals surface area contributed by atoms with Crippen molar-refractivity contribution in [3.05, 3.63) is 65.7 Å². The van der Waals surface area contributed by atoms with Gasteiger partial charge in [0.05, 0.1) is 6.42 Å². The average Bonchev–Trinajstić information content (AvgIpc) is 2.54. The lowest BCUT2D eigenvalue weighted by molar-refractivity contribution is -0.117. The summed E-state index contributed by atoms with van der Waals surface area (Å²) in [6.07, 6.45) is 0.366. The molecule has 0 N–H and O–H groups in total. The first-order chi connectivity index (χ1) is 10.2. The maximum Gasteiger partial charge on any atom is 0.170 e. The van der Waals surface area contributed by atoms with Crippen molar-refractivity contribution >= 4 is 11.6 Å². The molecule has 0 aliphatic heterocycles. The van der Waals surface area contributed by atoms with E-state index >= 15 is 0 Å². The quantitative estimate of drug-likeness (QED) is 0.573. The van der Waals surface area contributed by atoms with Crippen LogP contribution in [0.15, 0.2) is 54.6 Å². The molecule has 108 valence electrons. The first-order valence-corrected chi connectivity index (χ1v) is 7.00. The van der Waals surface area contributed by atoms with Crippen molar-refractivity contribution in [2.45, 2.75) is 26.4 Å². The van der Waals surface area contributed by atoms with Crippen LogP contribution in [-0.4, -0.2) is 11.6 Å². The van der Waals surface area contributed by atoms with Gasteiger partial charge in [-0.25, -0.2) is 0 Å². The summed E-state index contributed by atoms with van der Waals surface area (Å²) in [4.78, 5) is 23.1. The molecule has 0 spiro atoms. The molecular weight excluding hydrogens is 264 g/mol. The number of benzene rings is 2. The van der Waals surface area contributed by atoms with Crippen LogP contribution in [-0.2, 0) is 11.4 Å². The smallest absolute Gasteiger partial charge is 0.170 e. The number of ether oxygens (including phenoxy) is 1. The van der Waals surface area contributed by atoms with Crippen LogP contribution in [0.1, 0.15) is 35.7 Å². The third kappa shape index (κ3) is 4.56. The van der Waals surface area contributed by atoms with Crippen LogP contribution in [0.3, 0.4) is 0 Å². The normalized spacial score (nSPS) is 10.1. The number of hydrogen-bond donors (Lipinski definition) is 0. The number of rotatable bonds is 7. The summed E-state index contributed by atoms with van der Waals surface area (Å²) < 4.78 is 5.65. The number of hydrogen-bond acceptors (Lipinski definition) is 3. The lowest BCUT2D eigenvalue weighted by atomic mass is 10.1. The molecule has 0 saturated carbocycles. The molecular formula is C18H18O3. The van der Waals surface area contributed by atoms with Crippen molar-refractivity contribution in [2.75, 3.05) is 0 Å². The second kappa shape index (κ2) is 7.39. The SMILES string of the molecule is CCC(=O)CC(=O)c1ccc(OCc2ccccc2)cc1. The highest BCUT2D eigenvalue weighted by molar-refractivity contribution is 6.07. The van der Waals surface area contributed by atoms with Gasteiger partial charge in [0.15, 0.2) is 5.78 Å². The van der Waals surface area contributed by atoms with Crippen LogP contribution < -0.4 is 4.74 Å². The third-order valence-electron chi connectivity index (χ3n) is 3.18. The monoisotopic (exact) mass is 282 g/mol. The molecule has 0 atom stereocenters. The Hall–Kier alpha value is -2.42. The summed E-state index contributed by atoms with van der Waals surface area (Å²) in [5.41, 5.74) is 1.63. The molecule has 0 bridgehead atoms. The van der Waals surface area contributed by atoms with Crippen LogP contribution in [0.4, 0.5) is 0 Å². The molecule has 0 unspecified atom stereocenters. The van der Waals surface area contributed by atoms with Crippen LogP contribution in [0, 0.1) is 0 Å². The predicted octanol–water partition coefficient (Wildman–Crippen LogP) is 3.82. The van der Waals surface area contributed by atoms with Gasteiger partial charge in [-0.1, -0.05) is 37.3 Å². The Balaban J connectivity index is 1.93. The van der Waals surface area contributed by atoms with Gasteiger partial charge >= 0.3 is 0 Å². The van der Waals surface area contributed by atoms with Crippen molar-refractivity contribution in [2.24, 2.45) is 0 Å². The molecule has 0 radical (unpaired) electrons. The fraction of sp³-hybridized carbons (Fsp3) is 0.222. The van der Waals surface area contributed by atoms with E-state index in [9.17, 15) is 9.59 Å². The highest BCUT2D eigenvalue weighted by Crippen LogP contribution is 2.15. The summed E-state index contributed by atoms with van der Waals surface area (Å²) in [5.74, 6) is 0.526. The zero-order valence-electron chi connectivity index (χ0n) is 12.0. The van der Waals surface area contributed by atoms with Gasteiger partial charge in [-0.2, -0.15) is 0 Å². The fourth-order valence-corrected chi connectivity index (χ4v) is 1.88. The van der Waals surface area contributed by atoms with Gasteiger partial charge in [-0.05, 0) is 29.8 Å². The highest BCUT2D eigenvalue weighted by atomic mass is 16.5. The van der Waals surface area contributed by atoms with E-state index in [1.807, 2.05) is 30.3 Å². The first kappa shape index (κ1) is 15.0. The highest BCUT2D eigenvalue weighted by Gasteiger charge is 2.10. The van der Waals surface area contributed by atoms with E-state index in [0.29, 0.717) is 24.3 Å². The van der Waals surface area contributed by atoms with E-state index in [0.717, 1.165) is 5.56 Å². The largest absolute Gasteiger partial charge is 0.489 e. The first-order valence-electron chi connectivity index (χ1n) is 7.00. The number of Topliss-reactive ketones (excluding diaryl/α,β-unsaturated/α-hetero) is 2. The van der Waals surface area contributed by atoms with Gasteiger partial charge < -0.3 is 4.74 Å². The zero-order valence-corrected chi connectivity index (χ0v) is 12.0. The van der Waals surface area contributed by atoms with E-state index in [2.05, 4.69) is 0 Å². The Labute approximate surface area is 124 Å². The van der Waals surface area contributed by atoms with Crippen molar-refractivity contribution in [3.8, 4) is 5.75 Å². The second-order valence-corrected chi connectivity index (χ2v) is 4.79. The second-order valence-electron chi connectivity index (χ2n) is 4.79. The molecule has 0 aliphatic carbocycles.